The van der Waals surface area contributed by atoms with E-state index in [1.54, 1.807) is 60.7 Å². The van der Waals surface area contributed by atoms with Gasteiger partial charge in [0.2, 0.25) is 5.91 Å². The summed E-state index contributed by atoms with van der Waals surface area (Å²) in [6.45, 7) is 1.82. The van der Waals surface area contributed by atoms with Gasteiger partial charge in [0.25, 0.3) is 11.8 Å². The van der Waals surface area contributed by atoms with Crippen LogP contribution in [-0.2, 0) is 9.59 Å². The zero-order valence-corrected chi connectivity index (χ0v) is 26.3. The summed E-state index contributed by atoms with van der Waals surface area (Å²) in [5, 5.41) is 8.65. The molecule has 0 saturated heterocycles. The number of fused-ring (bicyclic) bond motifs is 1. The second kappa shape index (κ2) is 14.6. The molecule has 5 aromatic rings. The van der Waals surface area contributed by atoms with Gasteiger partial charge in [-0.2, -0.15) is 0 Å². The van der Waals surface area contributed by atoms with Crippen LogP contribution in [0.3, 0.4) is 0 Å². The number of nitrogens with zero attached hydrogens (tertiary/aromatic N) is 1. The third kappa shape index (κ3) is 8.08. The lowest BCUT2D eigenvalue weighted by Gasteiger charge is -2.13. The third-order valence-electron chi connectivity index (χ3n) is 6.57. The largest absolute Gasteiger partial charge is 0.493 e. The zero-order valence-electron chi connectivity index (χ0n) is 24.7. The lowest BCUT2D eigenvalue weighted by molar-refractivity contribution is -0.115. The Kier molecular flexibility index (Phi) is 10.1. The van der Waals surface area contributed by atoms with Gasteiger partial charge in [0.05, 0.1) is 29.7 Å². The fourth-order valence-corrected chi connectivity index (χ4v) is 5.99. The maximum atomic E-state index is 13.4. The summed E-state index contributed by atoms with van der Waals surface area (Å²) in [6, 6.07) is 28.7. The molecule has 0 saturated carbocycles. The van der Waals surface area contributed by atoms with Gasteiger partial charge in [-0.25, -0.2) is 4.98 Å². The molecular weight excluding hydrogens is 609 g/mol. The number of thioether (sulfide) groups is 1. The highest BCUT2D eigenvalue weighted by Gasteiger charge is 2.18. The van der Waals surface area contributed by atoms with Crippen LogP contribution in [0.15, 0.2) is 108 Å². The minimum Gasteiger partial charge on any atom is -0.493 e. The van der Waals surface area contributed by atoms with E-state index in [2.05, 4.69) is 20.9 Å². The van der Waals surface area contributed by atoms with Crippen LogP contribution in [0.25, 0.3) is 16.3 Å². The molecule has 11 heteroatoms. The van der Waals surface area contributed by atoms with E-state index in [1.807, 2.05) is 49.4 Å². The van der Waals surface area contributed by atoms with Gasteiger partial charge in [-0.1, -0.05) is 47.7 Å². The fraction of sp³-hybridized carbons (Fsp3) is 0.118. The number of nitrogens with one attached hydrogen (secondary N) is 3. The van der Waals surface area contributed by atoms with Crippen LogP contribution in [0.4, 0.5) is 10.8 Å². The van der Waals surface area contributed by atoms with Crippen molar-refractivity contribution >= 4 is 67.9 Å². The van der Waals surface area contributed by atoms with Crippen LogP contribution < -0.4 is 25.4 Å². The van der Waals surface area contributed by atoms with Gasteiger partial charge < -0.3 is 25.4 Å². The molecule has 0 aliphatic rings. The Morgan fingerprint density at radius 3 is 2.27 bits per heavy atom. The summed E-state index contributed by atoms with van der Waals surface area (Å²) in [5.41, 5.74) is 2.43. The van der Waals surface area contributed by atoms with Crippen molar-refractivity contribution < 1.29 is 23.9 Å². The number of hydrogen-bond donors (Lipinski definition) is 3. The number of rotatable bonds is 11. The molecule has 3 N–H and O–H groups in total. The van der Waals surface area contributed by atoms with Crippen molar-refractivity contribution in [2.45, 2.75) is 17.1 Å². The number of para-hydroxylation sites is 1. The minimum absolute atomic E-state index is 0.0367. The van der Waals surface area contributed by atoms with Crippen molar-refractivity contribution in [2.24, 2.45) is 0 Å². The normalized spacial score (nSPS) is 11.8. The first-order valence-corrected chi connectivity index (χ1v) is 15.6. The molecule has 1 heterocycles. The highest BCUT2D eigenvalue weighted by Crippen LogP contribution is 2.30. The molecule has 0 bridgehead atoms. The molecule has 0 aliphatic heterocycles. The zero-order chi connectivity index (χ0) is 31.8. The Hall–Kier alpha value is -5.13. The quantitative estimate of drug-likeness (QED) is 0.107. The number of carbonyl (C=O) groups is 3. The number of ether oxygens (including phenoxy) is 2. The molecule has 228 valence electrons. The predicted octanol–water partition coefficient (Wildman–Crippen LogP) is 6.84. The molecule has 0 fully saturated rings. The Morgan fingerprint density at radius 1 is 0.844 bits per heavy atom. The molecular formula is C34H30N4O5S2. The van der Waals surface area contributed by atoms with Crippen LogP contribution in [-0.4, -0.2) is 42.2 Å². The van der Waals surface area contributed by atoms with E-state index in [0.717, 1.165) is 15.1 Å². The second-order valence-electron chi connectivity index (χ2n) is 9.71. The molecule has 0 radical (unpaired) electrons. The van der Waals surface area contributed by atoms with Crippen molar-refractivity contribution in [2.75, 3.05) is 24.9 Å². The highest BCUT2D eigenvalue weighted by atomic mass is 32.2. The number of anilines is 2. The van der Waals surface area contributed by atoms with E-state index in [0.29, 0.717) is 33.4 Å². The monoisotopic (exact) mass is 638 g/mol. The Morgan fingerprint density at radius 2 is 1.56 bits per heavy atom. The van der Waals surface area contributed by atoms with Crippen molar-refractivity contribution in [1.29, 1.82) is 0 Å². The first-order chi connectivity index (χ1) is 21.8. The number of amides is 3. The van der Waals surface area contributed by atoms with Gasteiger partial charge in [-0.15, -0.1) is 11.8 Å². The summed E-state index contributed by atoms with van der Waals surface area (Å²) in [6.07, 6.45) is 1.56. The van der Waals surface area contributed by atoms with E-state index in [1.165, 1.54) is 37.3 Å². The molecule has 1 unspecified atom stereocenters. The summed E-state index contributed by atoms with van der Waals surface area (Å²) in [5.74, 6) is -0.0807. The van der Waals surface area contributed by atoms with Gasteiger partial charge >= 0.3 is 0 Å². The molecule has 1 atom stereocenters. The summed E-state index contributed by atoms with van der Waals surface area (Å²) in [4.78, 5) is 44.5. The summed E-state index contributed by atoms with van der Waals surface area (Å²) in [7, 11) is 3.06. The van der Waals surface area contributed by atoms with Crippen LogP contribution >= 0.6 is 23.1 Å². The average molecular weight is 639 g/mol. The van der Waals surface area contributed by atoms with Gasteiger partial charge in [0.1, 0.15) is 5.70 Å². The maximum absolute atomic E-state index is 13.4. The fourth-order valence-electron chi connectivity index (χ4n) is 4.26. The van der Waals surface area contributed by atoms with Crippen molar-refractivity contribution in [1.82, 2.24) is 10.3 Å². The van der Waals surface area contributed by atoms with E-state index in [-0.39, 0.29) is 16.9 Å². The molecule has 5 rings (SSSR count). The maximum Gasteiger partial charge on any atom is 0.272 e. The van der Waals surface area contributed by atoms with E-state index < -0.39 is 11.8 Å². The number of benzene rings is 4. The van der Waals surface area contributed by atoms with E-state index >= 15 is 0 Å². The first kappa shape index (κ1) is 31.3. The molecule has 9 nitrogen and oxygen atoms in total. The predicted molar refractivity (Wildman–Crippen MR) is 180 cm³/mol. The Labute approximate surface area is 268 Å². The number of hydrogen-bond acceptors (Lipinski definition) is 8. The van der Waals surface area contributed by atoms with Crippen molar-refractivity contribution in [3.05, 3.63) is 114 Å². The molecule has 3 amide bonds. The number of methoxy groups -OCH3 is 2. The van der Waals surface area contributed by atoms with Crippen molar-refractivity contribution in [3.63, 3.8) is 0 Å². The van der Waals surface area contributed by atoms with Crippen LogP contribution in [0.1, 0.15) is 22.8 Å². The standard InChI is InChI=1S/C34H30N4O5S2/c1-21(31(39)38-34-37-26-11-7-8-12-30(26)45-34)44-25-16-14-24(15-17-25)35-33(41)27(36-32(40)23-9-5-4-6-10-23)19-22-13-18-28(42-2)29(20-22)43-3/h4-21H,1-3H3,(H,35,41)(H,36,40)(H,37,38,39)/b27-19-. The number of thiazole rings is 1. The smallest absolute Gasteiger partial charge is 0.272 e. The lowest BCUT2D eigenvalue weighted by Crippen LogP contribution is -2.30. The Bertz CT molecular complexity index is 1820. The van der Waals surface area contributed by atoms with Crippen LogP contribution in [0.2, 0.25) is 0 Å². The van der Waals surface area contributed by atoms with E-state index in [9.17, 15) is 14.4 Å². The minimum atomic E-state index is -0.516. The molecule has 1 aromatic heterocycles. The number of aromatic nitrogens is 1. The van der Waals surface area contributed by atoms with Crippen LogP contribution in [0, 0.1) is 0 Å². The van der Waals surface area contributed by atoms with Gasteiger partial charge in [0, 0.05) is 16.1 Å². The molecule has 4 aromatic carbocycles. The van der Waals surface area contributed by atoms with Gasteiger partial charge in [0.15, 0.2) is 16.6 Å². The second-order valence-corrected chi connectivity index (χ2v) is 12.2. The first-order valence-electron chi connectivity index (χ1n) is 13.9. The Balaban J connectivity index is 1.27. The average Bonchev–Trinajstić information content (AvgIpc) is 3.47. The summed E-state index contributed by atoms with van der Waals surface area (Å²) >= 11 is 2.82. The van der Waals surface area contributed by atoms with Gasteiger partial charge in [-0.3, -0.25) is 14.4 Å². The summed E-state index contributed by atoms with van der Waals surface area (Å²) < 4.78 is 11.7. The topological polar surface area (TPSA) is 119 Å². The number of carbonyl (C=O) groups excluding carboxylic acids is 3. The SMILES string of the molecule is COc1ccc(/C=C(\NC(=O)c2ccccc2)C(=O)Nc2ccc(SC(C)C(=O)Nc3nc4ccccc4s3)cc2)cc1OC. The highest BCUT2D eigenvalue weighted by molar-refractivity contribution is 8.00. The van der Waals surface area contributed by atoms with E-state index in [4.69, 9.17) is 9.47 Å². The molecule has 0 aliphatic carbocycles. The third-order valence-corrected chi connectivity index (χ3v) is 8.63. The van der Waals surface area contributed by atoms with Crippen LogP contribution in [0.5, 0.6) is 11.5 Å². The van der Waals surface area contributed by atoms with Crippen molar-refractivity contribution in [3.8, 4) is 11.5 Å². The molecule has 0 spiro atoms. The molecule has 45 heavy (non-hydrogen) atoms. The van der Waals surface area contributed by atoms with Gasteiger partial charge in [-0.05, 0) is 79.2 Å². The lowest BCUT2D eigenvalue weighted by atomic mass is 10.1.